The van der Waals surface area contributed by atoms with Crippen LogP contribution in [-0.2, 0) is 0 Å². The van der Waals surface area contributed by atoms with Crippen LogP contribution in [0.3, 0.4) is 0 Å². The molecule has 0 saturated heterocycles. The van der Waals surface area contributed by atoms with Crippen molar-refractivity contribution in [3.05, 3.63) is 78.1 Å². The molecule has 2 N–H and O–H groups in total. The van der Waals surface area contributed by atoms with E-state index < -0.39 is 11.8 Å². The number of para-hydroxylation sites is 2. The molecule has 1 amide bonds. The Labute approximate surface area is 132 Å². The minimum Gasteiger partial charge on any atom is -0.507 e. The predicted molar refractivity (Wildman–Crippen MR) is 84.6 cm³/mol. The van der Waals surface area contributed by atoms with Crippen molar-refractivity contribution in [1.29, 1.82) is 0 Å². The lowest BCUT2D eigenvalue weighted by molar-refractivity contribution is 0.103. The standard InChI is InChI=1S/C17H13N3O3/c21-15-9-5-4-8-14(15)16(22)12-10-18-20(11-12)17(23)19-13-6-2-1-3-7-13/h1-11,21H,(H,19,23). The summed E-state index contributed by atoms with van der Waals surface area (Å²) < 4.78 is 1.04. The van der Waals surface area contributed by atoms with E-state index in [-0.39, 0.29) is 16.9 Å². The molecule has 0 spiro atoms. The van der Waals surface area contributed by atoms with E-state index in [1.165, 1.54) is 24.5 Å². The number of phenolic OH excluding ortho intramolecular Hbond substituents is 1. The minimum absolute atomic E-state index is 0.112. The molecule has 0 aliphatic carbocycles. The largest absolute Gasteiger partial charge is 0.507 e. The molecular formula is C17H13N3O3. The maximum atomic E-state index is 12.3. The Kier molecular flexibility index (Phi) is 3.88. The number of nitrogens with zero attached hydrogens (tertiary/aromatic N) is 2. The van der Waals surface area contributed by atoms with E-state index in [1.807, 2.05) is 6.07 Å². The van der Waals surface area contributed by atoms with Gasteiger partial charge in [-0.1, -0.05) is 30.3 Å². The number of benzene rings is 2. The number of aromatic nitrogens is 2. The third kappa shape index (κ3) is 3.11. The molecule has 6 heteroatoms. The maximum absolute atomic E-state index is 12.3. The van der Waals surface area contributed by atoms with E-state index in [1.54, 1.807) is 36.4 Å². The number of amides is 1. The van der Waals surface area contributed by atoms with Crippen LogP contribution in [0.1, 0.15) is 15.9 Å². The average molecular weight is 307 g/mol. The first kappa shape index (κ1) is 14.5. The Balaban J connectivity index is 1.79. The van der Waals surface area contributed by atoms with Gasteiger partial charge >= 0.3 is 6.03 Å². The van der Waals surface area contributed by atoms with Crippen molar-refractivity contribution >= 4 is 17.5 Å². The molecule has 0 aliphatic rings. The van der Waals surface area contributed by atoms with Gasteiger partial charge in [-0.25, -0.2) is 4.79 Å². The summed E-state index contributed by atoms with van der Waals surface area (Å²) in [6.45, 7) is 0. The molecule has 23 heavy (non-hydrogen) atoms. The fourth-order valence-corrected chi connectivity index (χ4v) is 2.07. The number of aromatic hydroxyl groups is 1. The lowest BCUT2D eigenvalue weighted by Gasteiger charge is -2.04. The van der Waals surface area contributed by atoms with Crippen molar-refractivity contribution < 1.29 is 14.7 Å². The lowest BCUT2D eigenvalue weighted by atomic mass is 10.1. The summed E-state index contributed by atoms with van der Waals surface area (Å²) in [7, 11) is 0. The first-order valence-electron chi connectivity index (χ1n) is 6.89. The zero-order valence-electron chi connectivity index (χ0n) is 12.0. The number of anilines is 1. The number of hydrogen-bond acceptors (Lipinski definition) is 4. The van der Waals surface area contributed by atoms with Gasteiger partial charge in [-0.05, 0) is 24.3 Å². The average Bonchev–Trinajstić information content (AvgIpc) is 3.06. The van der Waals surface area contributed by atoms with Crippen LogP contribution in [0.5, 0.6) is 5.75 Å². The first-order valence-corrected chi connectivity index (χ1v) is 6.89. The fraction of sp³-hybridized carbons (Fsp3) is 0. The van der Waals surface area contributed by atoms with Crippen molar-refractivity contribution in [2.75, 3.05) is 5.32 Å². The number of ketones is 1. The van der Waals surface area contributed by atoms with Gasteiger partial charge in [0.05, 0.1) is 17.3 Å². The number of rotatable bonds is 3. The second-order valence-corrected chi connectivity index (χ2v) is 4.82. The topological polar surface area (TPSA) is 84.2 Å². The second-order valence-electron chi connectivity index (χ2n) is 4.82. The Morgan fingerprint density at radius 2 is 1.70 bits per heavy atom. The third-order valence-corrected chi connectivity index (χ3v) is 3.23. The summed E-state index contributed by atoms with van der Waals surface area (Å²) in [5, 5.41) is 16.3. The van der Waals surface area contributed by atoms with Gasteiger partial charge in [0.2, 0.25) is 0 Å². The fourth-order valence-electron chi connectivity index (χ4n) is 2.07. The van der Waals surface area contributed by atoms with Gasteiger partial charge in [0, 0.05) is 11.9 Å². The minimum atomic E-state index is -0.479. The van der Waals surface area contributed by atoms with Crippen LogP contribution < -0.4 is 5.32 Å². The molecular weight excluding hydrogens is 294 g/mol. The maximum Gasteiger partial charge on any atom is 0.346 e. The zero-order chi connectivity index (χ0) is 16.2. The summed E-state index contributed by atoms with van der Waals surface area (Å²) in [4.78, 5) is 24.4. The molecule has 0 bridgehead atoms. The van der Waals surface area contributed by atoms with Gasteiger partial charge in [-0.15, -0.1) is 0 Å². The second kappa shape index (κ2) is 6.15. The van der Waals surface area contributed by atoms with Gasteiger partial charge in [0.1, 0.15) is 5.75 Å². The van der Waals surface area contributed by atoms with E-state index in [9.17, 15) is 14.7 Å². The van der Waals surface area contributed by atoms with E-state index in [4.69, 9.17) is 0 Å². The van der Waals surface area contributed by atoms with Crippen LogP contribution in [0.4, 0.5) is 10.5 Å². The zero-order valence-corrected chi connectivity index (χ0v) is 12.0. The Hall–Kier alpha value is -3.41. The molecule has 1 heterocycles. The molecule has 3 aromatic rings. The quantitative estimate of drug-likeness (QED) is 0.729. The van der Waals surface area contributed by atoms with Crippen molar-refractivity contribution in [2.45, 2.75) is 0 Å². The van der Waals surface area contributed by atoms with Gasteiger partial charge < -0.3 is 10.4 Å². The van der Waals surface area contributed by atoms with Gasteiger partial charge in [-0.2, -0.15) is 9.78 Å². The smallest absolute Gasteiger partial charge is 0.346 e. The molecule has 6 nitrogen and oxygen atoms in total. The lowest BCUT2D eigenvalue weighted by Crippen LogP contribution is -2.19. The van der Waals surface area contributed by atoms with Crippen LogP contribution in [-0.4, -0.2) is 26.7 Å². The van der Waals surface area contributed by atoms with Crippen LogP contribution >= 0.6 is 0 Å². The molecule has 0 saturated carbocycles. The van der Waals surface area contributed by atoms with E-state index in [2.05, 4.69) is 10.4 Å². The number of nitrogens with one attached hydrogen (secondary N) is 1. The number of carbonyl (C=O) groups excluding carboxylic acids is 2. The van der Waals surface area contributed by atoms with Crippen molar-refractivity contribution in [3.8, 4) is 5.75 Å². The van der Waals surface area contributed by atoms with Gasteiger partial charge in [0.15, 0.2) is 5.78 Å². The van der Waals surface area contributed by atoms with Gasteiger partial charge in [0.25, 0.3) is 0 Å². The molecule has 3 rings (SSSR count). The third-order valence-electron chi connectivity index (χ3n) is 3.23. The highest BCUT2D eigenvalue weighted by molar-refractivity contribution is 6.10. The molecule has 114 valence electrons. The number of hydrogen-bond donors (Lipinski definition) is 2. The van der Waals surface area contributed by atoms with Crippen molar-refractivity contribution in [1.82, 2.24) is 9.78 Å². The summed E-state index contributed by atoms with van der Waals surface area (Å²) in [5.41, 5.74) is 1.01. The molecule has 2 aromatic carbocycles. The molecule has 0 fully saturated rings. The van der Waals surface area contributed by atoms with E-state index >= 15 is 0 Å². The molecule has 0 radical (unpaired) electrons. The van der Waals surface area contributed by atoms with E-state index in [0.717, 1.165) is 4.68 Å². The highest BCUT2D eigenvalue weighted by atomic mass is 16.3. The Bertz CT molecular complexity index is 856. The number of phenols is 1. The highest BCUT2D eigenvalue weighted by Crippen LogP contribution is 2.19. The van der Waals surface area contributed by atoms with Gasteiger partial charge in [-0.3, -0.25) is 4.79 Å². The van der Waals surface area contributed by atoms with Crippen LogP contribution in [0.15, 0.2) is 67.0 Å². The Morgan fingerprint density at radius 3 is 2.43 bits per heavy atom. The predicted octanol–water partition coefficient (Wildman–Crippen LogP) is 2.90. The monoisotopic (exact) mass is 307 g/mol. The van der Waals surface area contributed by atoms with Crippen LogP contribution in [0, 0.1) is 0 Å². The van der Waals surface area contributed by atoms with Crippen LogP contribution in [0.2, 0.25) is 0 Å². The molecule has 0 aliphatic heterocycles. The summed E-state index contributed by atoms with van der Waals surface area (Å²) in [6, 6.07) is 14.7. The molecule has 1 aromatic heterocycles. The number of carbonyl (C=O) groups is 2. The normalized spacial score (nSPS) is 10.3. The van der Waals surface area contributed by atoms with Crippen LogP contribution in [0.25, 0.3) is 0 Å². The summed E-state index contributed by atoms with van der Waals surface area (Å²) >= 11 is 0. The molecule has 0 unspecified atom stereocenters. The van der Waals surface area contributed by atoms with Crippen molar-refractivity contribution in [3.63, 3.8) is 0 Å². The van der Waals surface area contributed by atoms with E-state index in [0.29, 0.717) is 5.69 Å². The van der Waals surface area contributed by atoms with Crippen molar-refractivity contribution in [2.24, 2.45) is 0 Å². The molecule has 0 atom stereocenters. The summed E-state index contributed by atoms with van der Waals surface area (Å²) in [5.74, 6) is -0.513. The highest BCUT2D eigenvalue weighted by Gasteiger charge is 2.16. The Morgan fingerprint density at radius 1 is 1.00 bits per heavy atom. The SMILES string of the molecule is O=C(c1cnn(C(=O)Nc2ccccc2)c1)c1ccccc1O. The summed E-state index contributed by atoms with van der Waals surface area (Å²) in [6.07, 6.45) is 2.62. The first-order chi connectivity index (χ1) is 11.1.